The van der Waals surface area contributed by atoms with Crippen LogP contribution in [-0.2, 0) is 14.3 Å². The standard InChI is InChI=1S/C19H20F3N3O5/c20-19(21,22)18(29)24-9-7-23(8-10-24)11-12-30-15(26)5-6-25-16(27)13-3-1-2-4-14(13)17(25)28/h1-4H,5-12H2. The van der Waals surface area contributed by atoms with Gasteiger partial charge < -0.3 is 9.64 Å². The SMILES string of the molecule is O=C(CCN1C(=O)c2ccccc2C1=O)OCCN1CCN(C(=O)C(F)(F)F)CC1. The van der Waals surface area contributed by atoms with Crippen molar-refractivity contribution in [2.75, 3.05) is 45.9 Å². The van der Waals surface area contributed by atoms with Crippen LogP contribution in [-0.4, -0.2) is 90.4 Å². The number of carbonyl (C=O) groups excluding carboxylic acids is 4. The molecule has 3 rings (SSSR count). The van der Waals surface area contributed by atoms with Crippen LogP contribution in [0.25, 0.3) is 0 Å². The fraction of sp³-hybridized carbons (Fsp3) is 0.474. The number of alkyl halides is 3. The first-order valence-electron chi connectivity index (χ1n) is 9.38. The minimum Gasteiger partial charge on any atom is -0.464 e. The quantitative estimate of drug-likeness (QED) is 0.496. The van der Waals surface area contributed by atoms with Gasteiger partial charge >= 0.3 is 18.1 Å². The van der Waals surface area contributed by atoms with Gasteiger partial charge in [0.1, 0.15) is 6.61 Å². The Bertz CT molecular complexity index is 815. The first-order chi connectivity index (χ1) is 14.2. The maximum Gasteiger partial charge on any atom is 0.471 e. The summed E-state index contributed by atoms with van der Waals surface area (Å²) in [5, 5.41) is 0. The molecule has 2 aliphatic rings. The smallest absolute Gasteiger partial charge is 0.464 e. The molecule has 0 aromatic heterocycles. The third kappa shape index (κ3) is 4.78. The summed E-state index contributed by atoms with van der Waals surface area (Å²) >= 11 is 0. The Labute approximate surface area is 170 Å². The maximum atomic E-state index is 12.4. The van der Waals surface area contributed by atoms with Gasteiger partial charge in [-0.15, -0.1) is 0 Å². The molecule has 0 N–H and O–H groups in total. The molecule has 1 aromatic carbocycles. The Kier molecular flexibility index (Phi) is 6.40. The number of hydrogen-bond donors (Lipinski definition) is 0. The lowest BCUT2D eigenvalue weighted by molar-refractivity contribution is -0.187. The number of halogens is 3. The average molecular weight is 427 g/mol. The van der Waals surface area contributed by atoms with Crippen molar-refractivity contribution in [2.45, 2.75) is 12.6 Å². The molecular weight excluding hydrogens is 407 g/mol. The molecule has 0 bridgehead atoms. The van der Waals surface area contributed by atoms with Gasteiger partial charge in [-0.2, -0.15) is 13.2 Å². The molecule has 0 atom stereocenters. The molecule has 8 nitrogen and oxygen atoms in total. The van der Waals surface area contributed by atoms with Gasteiger partial charge in [0.2, 0.25) is 0 Å². The number of piperazine rings is 1. The van der Waals surface area contributed by atoms with Gasteiger partial charge in [-0.3, -0.25) is 29.0 Å². The molecule has 30 heavy (non-hydrogen) atoms. The van der Waals surface area contributed by atoms with E-state index in [-0.39, 0.29) is 45.8 Å². The number of hydrogen-bond acceptors (Lipinski definition) is 6. The number of amides is 3. The number of imide groups is 1. The van der Waals surface area contributed by atoms with Gasteiger partial charge in [-0.05, 0) is 12.1 Å². The molecule has 0 spiro atoms. The molecule has 0 saturated carbocycles. The summed E-state index contributed by atoms with van der Waals surface area (Å²) in [4.78, 5) is 51.1. The molecule has 0 unspecified atom stereocenters. The van der Waals surface area contributed by atoms with Crippen LogP contribution in [0.3, 0.4) is 0 Å². The van der Waals surface area contributed by atoms with Gasteiger partial charge in [-0.1, -0.05) is 12.1 Å². The van der Waals surface area contributed by atoms with Crippen molar-refractivity contribution < 1.29 is 37.1 Å². The number of rotatable bonds is 6. The molecule has 3 amide bonds. The highest BCUT2D eigenvalue weighted by Crippen LogP contribution is 2.22. The Morgan fingerprint density at radius 2 is 1.50 bits per heavy atom. The van der Waals surface area contributed by atoms with Crippen LogP contribution in [0.5, 0.6) is 0 Å². The minimum absolute atomic E-state index is 0.0220. The van der Waals surface area contributed by atoms with Crippen molar-refractivity contribution in [2.24, 2.45) is 0 Å². The van der Waals surface area contributed by atoms with E-state index in [0.717, 1.165) is 9.80 Å². The zero-order valence-electron chi connectivity index (χ0n) is 16.0. The highest BCUT2D eigenvalue weighted by molar-refractivity contribution is 6.21. The van der Waals surface area contributed by atoms with Crippen LogP contribution in [0.4, 0.5) is 13.2 Å². The van der Waals surface area contributed by atoms with Gasteiger partial charge in [0.25, 0.3) is 11.8 Å². The lowest BCUT2D eigenvalue weighted by Gasteiger charge is -2.34. The van der Waals surface area contributed by atoms with Crippen LogP contribution in [0, 0.1) is 0 Å². The van der Waals surface area contributed by atoms with Crippen molar-refractivity contribution in [1.82, 2.24) is 14.7 Å². The molecule has 11 heteroatoms. The molecule has 0 aliphatic carbocycles. The summed E-state index contributed by atoms with van der Waals surface area (Å²) in [6.07, 6.45) is -5.03. The predicted octanol–water partition coefficient (Wildman–Crippen LogP) is 0.922. The summed E-state index contributed by atoms with van der Waals surface area (Å²) < 4.78 is 42.4. The fourth-order valence-electron chi connectivity index (χ4n) is 3.36. The summed E-state index contributed by atoms with van der Waals surface area (Å²) in [5.74, 6) is -3.33. The molecule has 162 valence electrons. The molecule has 2 heterocycles. The van der Waals surface area contributed by atoms with Crippen LogP contribution < -0.4 is 0 Å². The summed E-state index contributed by atoms with van der Waals surface area (Å²) in [7, 11) is 0. The first-order valence-corrected chi connectivity index (χ1v) is 9.38. The third-order valence-corrected chi connectivity index (χ3v) is 4.99. The summed E-state index contributed by atoms with van der Waals surface area (Å²) in [6.45, 7) is 0.630. The van der Waals surface area contributed by atoms with Crippen LogP contribution in [0.15, 0.2) is 24.3 Å². The van der Waals surface area contributed by atoms with Crippen LogP contribution in [0.1, 0.15) is 27.1 Å². The largest absolute Gasteiger partial charge is 0.471 e. The van der Waals surface area contributed by atoms with E-state index in [0.29, 0.717) is 17.7 Å². The topological polar surface area (TPSA) is 87.2 Å². The lowest BCUT2D eigenvalue weighted by Crippen LogP contribution is -2.52. The molecule has 1 aromatic rings. The lowest BCUT2D eigenvalue weighted by atomic mass is 10.1. The minimum atomic E-state index is -4.88. The monoisotopic (exact) mass is 427 g/mol. The van der Waals surface area contributed by atoms with Gasteiger partial charge in [0.15, 0.2) is 0 Å². The van der Waals surface area contributed by atoms with E-state index in [2.05, 4.69) is 0 Å². The van der Waals surface area contributed by atoms with E-state index in [1.54, 1.807) is 29.2 Å². The summed E-state index contributed by atoms with van der Waals surface area (Å²) in [5.41, 5.74) is 0.609. The Morgan fingerprint density at radius 1 is 0.933 bits per heavy atom. The second-order valence-corrected chi connectivity index (χ2v) is 6.91. The highest BCUT2D eigenvalue weighted by Gasteiger charge is 2.43. The number of fused-ring (bicyclic) bond motifs is 1. The van der Waals surface area contributed by atoms with Crippen molar-refractivity contribution in [3.8, 4) is 0 Å². The van der Waals surface area contributed by atoms with E-state index in [1.165, 1.54) is 0 Å². The van der Waals surface area contributed by atoms with E-state index in [1.807, 2.05) is 0 Å². The average Bonchev–Trinajstić information content (AvgIpc) is 2.96. The van der Waals surface area contributed by atoms with Crippen molar-refractivity contribution in [3.63, 3.8) is 0 Å². The Hall–Kier alpha value is -2.95. The molecule has 2 aliphatic heterocycles. The van der Waals surface area contributed by atoms with Crippen LogP contribution in [0.2, 0.25) is 0 Å². The van der Waals surface area contributed by atoms with Gasteiger partial charge in [0, 0.05) is 39.3 Å². The van der Waals surface area contributed by atoms with Gasteiger partial charge in [0.05, 0.1) is 17.5 Å². The normalized spacial score (nSPS) is 17.3. The van der Waals surface area contributed by atoms with Gasteiger partial charge in [-0.25, -0.2) is 0 Å². The van der Waals surface area contributed by atoms with E-state index < -0.39 is 29.9 Å². The number of nitrogens with zero attached hydrogens (tertiary/aromatic N) is 3. The van der Waals surface area contributed by atoms with E-state index >= 15 is 0 Å². The number of carbonyl (C=O) groups is 4. The molecule has 1 saturated heterocycles. The second-order valence-electron chi connectivity index (χ2n) is 6.91. The Balaban J connectivity index is 1.35. The zero-order chi connectivity index (χ0) is 21.9. The number of ether oxygens (including phenoxy) is 1. The van der Waals surface area contributed by atoms with Crippen molar-refractivity contribution in [1.29, 1.82) is 0 Å². The van der Waals surface area contributed by atoms with Crippen molar-refractivity contribution >= 4 is 23.7 Å². The fourth-order valence-corrected chi connectivity index (χ4v) is 3.36. The molecule has 0 radical (unpaired) electrons. The van der Waals surface area contributed by atoms with Crippen LogP contribution >= 0.6 is 0 Å². The highest BCUT2D eigenvalue weighted by atomic mass is 19.4. The van der Waals surface area contributed by atoms with Crippen molar-refractivity contribution in [3.05, 3.63) is 35.4 Å². The third-order valence-electron chi connectivity index (χ3n) is 4.99. The molecular formula is C19H20F3N3O5. The summed E-state index contributed by atoms with van der Waals surface area (Å²) in [6, 6.07) is 6.41. The predicted molar refractivity (Wildman–Crippen MR) is 96.5 cm³/mol. The Morgan fingerprint density at radius 3 is 2.03 bits per heavy atom. The maximum absolute atomic E-state index is 12.4. The number of esters is 1. The molecule has 1 fully saturated rings. The van der Waals surface area contributed by atoms with E-state index in [4.69, 9.17) is 4.74 Å². The van der Waals surface area contributed by atoms with E-state index in [9.17, 15) is 32.3 Å². The number of benzene rings is 1. The zero-order valence-corrected chi connectivity index (χ0v) is 16.0. The first kappa shape index (κ1) is 21.8. The second kappa shape index (κ2) is 8.82.